The third-order valence-electron chi connectivity index (χ3n) is 5.32. The number of halogens is 1. The Morgan fingerprint density at radius 3 is 2.60 bits per heavy atom. The van der Waals surface area contributed by atoms with E-state index in [1.54, 1.807) is 10.5 Å². The fraction of sp³-hybridized carbons (Fsp3) is 0.185. The van der Waals surface area contributed by atoms with Crippen molar-refractivity contribution < 1.29 is 14.2 Å². The molecule has 5 aromatic rings. The van der Waals surface area contributed by atoms with E-state index in [0.29, 0.717) is 52.3 Å². The molecule has 0 aliphatic rings. The summed E-state index contributed by atoms with van der Waals surface area (Å²) in [5.74, 6) is 1.85. The Morgan fingerprint density at radius 2 is 1.77 bits per heavy atom. The van der Waals surface area contributed by atoms with Gasteiger partial charge in [-0.1, -0.05) is 53.3 Å². The largest absolute Gasteiger partial charge is 0.493 e. The fourth-order valence-corrected chi connectivity index (χ4v) is 5.04. The lowest BCUT2D eigenvalue weighted by molar-refractivity contribution is 0.236. The number of fused-ring (bicyclic) bond motifs is 3. The molecule has 0 saturated carbocycles. The van der Waals surface area contributed by atoms with Gasteiger partial charge < -0.3 is 14.2 Å². The molecule has 35 heavy (non-hydrogen) atoms. The van der Waals surface area contributed by atoms with Gasteiger partial charge in [-0.05, 0) is 55.0 Å². The highest BCUT2D eigenvalue weighted by molar-refractivity contribution is 7.15. The number of rotatable bonds is 9. The minimum Gasteiger partial charge on any atom is -0.493 e. The number of aromatic nitrogens is 2. The van der Waals surface area contributed by atoms with E-state index < -0.39 is 0 Å². The second kappa shape index (κ2) is 10.4. The van der Waals surface area contributed by atoms with Crippen LogP contribution >= 0.6 is 22.9 Å². The van der Waals surface area contributed by atoms with E-state index in [1.165, 1.54) is 11.3 Å². The van der Waals surface area contributed by atoms with Gasteiger partial charge in [0.05, 0.1) is 40.4 Å². The molecular weight excluding hydrogens is 484 g/mol. The number of nitrogens with zero attached hydrogens (tertiary/aromatic N) is 2. The van der Waals surface area contributed by atoms with Crippen LogP contribution < -0.4 is 24.3 Å². The second-order valence-electron chi connectivity index (χ2n) is 7.76. The quantitative estimate of drug-likeness (QED) is 0.252. The maximum absolute atomic E-state index is 13.1. The highest BCUT2D eigenvalue weighted by Gasteiger charge is 2.14. The van der Waals surface area contributed by atoms with Gasteiger partial charge in [0, 0.05) is 6.42 Å². The van der Waals surface area contributed by atoms with E-state index in [-0.39, 0.29) is 5.56 Å². The molecule has 0 bridgehead atoms. The average molecular weight is 507 g/mol. The molecule has 0 aliphatic heterocycles. The highest BCUT2D eigenvalue weighted by Crippen LogP contribution is 2.37. The Labute approximate surface area is 211 Å². The summed E-state index contributed by atoms with van der Waals surface area (Å²) in [6.07, 6.45) is 2.50. The van der Waals surface area contributed by atoms with Gasteiger partial charge in [0.2, 0.25) is 0 Å². The predicted octanol–water partition coefficient (Wildman–Crippen LogP) is 5.36. The molecule has 0 amide bonds. The second-order valence-corrected chi connectivity index (χ2v) is 9.18. The molecule has 0 saturated heterocycles. The third-order valence-corrected chi connectivity index (χ3v) is 6.57. The summed E-state index contributed by atoms with van der Waals surface area (Å²) in [7, 11) is 0. The van der Waals surface area contributed by atoms with Crippen molar-refractivity contribution in [1.29, 1.82) is 0 Å². The van der Waals surface area contributed by atoms with Gasteiger partial charge in [0.25, 0.3) is 5.56 Å². The third kappa shape index (κ3) is 4.97. The van der Waals surface area contributed by atoms with Crippen LogP contribution in [0.1, 0.15) is 18.9 Å². The molecule has 5 rings (SSSR count). The first-order chi connectivity index (χ1) is 17.1. The molecule has 0 fully saturated rings. The summed E-state index contributed by atoms with van der Waals surface area (Å²) in [4.78, 5) is 18.3. The van der Waals surface area contributed by atoms with Gasteiger partial charge in [0.15, 0.2) is 16.5 Å². The zero-order chi connectivity index (χ0) is 24.2. The SMILES string of the molecule is CCOc1cc(C=c2sc3nc4ccccc4n3c2=O)cc(Cl)c1OCCCOc1ccccc1. The summed E-state index contributed by atoms with van der Waals surface area (Å²) in [5, 5.41) is 0.422. The van der Waals surface area contributed by atoms with Gasteiger partial charge in [-0.15, -0.1) is 0 Å². The molecule has 0 unspecified atom stereocenters. The van der Waals surface area contributed by atoms with Crippen molar-refractivity contribution in [3.05, 3.63) is 92.2 Å². The maximum atomic E-state index is 13.1. The lowest BCUT2D eigenvalue weighted by atomic mass is 10.2. The molecule has 0 atom stereocenters. The number of hydrogen-bond donors (Lipinski definition) is 0. The normalized spacial score (nSPS) is 11.9. The molecule has 178 valence electrons. The standard InChI is InChI=1S/C27H23ClN2O4S/c1-2-32-23-16-18(15-20(28)25(23)34-14-8-13-33-19-9-4-3-5-10-19)17-24-26(31)30-22-12-7-6-11-21(22)29-27(30)35-24/h3-7,9-12,15-17H,2,8,13-14H2,1H3. The molecule has 8 heteroatoms. The zero-order valence-electron chi connectivity index (χ0n) is 19.1. The number of imidazole rings is 1. The molecule has 3 aromatic carbocycles. The van der Waals surface area contributed by atoms with Gasteiger partial charge in [-0.25, -0.2) is 9.38 Å². The van der Waals surface area contributed by atoms with Gasteiger partial charge in [0.1, 0.15) is 5.75 Å². The Kier molecular flexibility index (Phi) is 6.88. The van der Waals surface area contributed by atoms with Crippen molar-refractivity contribution in [3.8, 4) is 17.2 Å². The van der Waals surface area contributed by atoms with Crippen molar-refractivity contribution in [2.45, 2.75) is 13.3 Å². The van der Waals surface area contributed by atoms with Crippen molar-refractivity contribution in [2.75, 3.05) is 19.8 Å². The van der Waals surface area contributed by atoms with Crippen LogP contribution in [0.15, 0.2) is 71.5 Å². The van der Waals surface area contributed by atoms with Crippen molar-refractivity contribution in [1.82, 2.24) is 9.38 Å². The van der Waals surface area contributed by atoms with Gasteiger partial charge in [-0.3, -0.25) is 4.79 Å². The van der Waals surface area contributed by atoms with Crippen molar-refractivity contribution >= 4 is 45.0 Å². The minimum absolute atomic E-state index is 0.105. The van der Waals surface area contributed by atoms with Gasteiger partial charge >= 0.3 is 0 Å². The van der Waals surface area contributed by atoms with Crippen LogP contribution in [0.3, 0.4) is 0 Å². The van der Waals surface area contributed by atoms with E-state index in [4.69, 9.17) is 25.8 Å². The number of hydrogen-bond acceptors (Lipinski definition) is 6. The lowest BCUT2D eigenvalue weighted by Gasteiger charge is -2.14. The molecule has 2 heterocycles. The Balaban J connectivity index is 1.36. The molecule has 0 radical (unpaired) electrons. The predicted molar refractivity (Wildman–Crippen MR) is 140 cm³/mol. The Morgan fingerprint density at radius 1 is 1.00 bits per heavy atom. The smallest absolute Gasteiger partial charge is 0.274 e. The van der Waals surface area contributed by atoms with Gasteiger partial charge in [-0.2, -0.15) is 0 Å². The van der Waals surface area contributed by atoms with E-state index in [2.05, 4.69) is 4.98 Å². The summed E-state index contributed by atoms with van der Waals surface area (Å²) in [6.45, 7) is 3.31. The van der Waals surface area contributed by atoms with Crippen molar-refractivity contribution in [3.63, 3.8) is 0 Å². The van der Waals surface area contributed by atoms with Crippen LogP contribution in [0.25, 0.3) is 22.1 Å². The monoisotopic (exact) mass is 506 g/mol. The summed E-state index contributed by atoms with van der Waals surface area (Å²) in [6, 6.07) is 20.9. The lowest BCUT2D eigenvalue weighted by Crippen LogP contribution is -2.22. The molecule has 0 aliphatic carbocycles. The van der Waals surface area contributed by atoms with E-state index in [9.17, 15) is 4.79 Å². The molecule has 0 N–H and O–H groups in total. The first kappa shape index (κ1) is 23.2. The Hall–Kier alpha value is -3.55. The number of para-hydroxylation sites is 3. The summed E-state index contributed by atoms with van der Waals surface area (Å²) in [5.41, 5.74) is 2.26. The van der Waals surface area contributed by atoms with Crippen LogP contribution in [0.5, 0.6) is 17.2 Å². The highest BCUT2D eigenvalue weighted by atomic mass is 35.5. The molecule has 2 aromatic heterocycles. The van der Waals surface area contributed by atoms with Crippen LogP contribution in [0, 0.1) is 0 Å². The Bertz CT molecular complexity index is 1580. The zero-order valence-corrected chi connectivity index (χ0v) is 20.6. The first-order valence-corrected chi connectivity index (χ1v) is 12.5. The number of thiazole rings is 1. The number of ether oxygens (including phenoxy) is 3. The first-order valence-electron chi connectivity index (χ1n) is 11.3. The van der Waals surface area contributed by atoms with E-state index in [0.717, 1.165) is 22.3 Å². The molecule has 0 spiro atoms. The van der Waals surface area contributed by atoms with Crippen LogP contribution in [0.4, 0.5) is 0 Å². The maximum Gasteiger partial charge on any atom is 0.274 e. The topological polar surface area (TPSA) is 62.1 Å². The van der Waals surface area contributed by atoms with Crippen molar-refractivity contribution in [2.24, 2.45) is 0 Å². The summed E-state index contributed by atoms with van der Waals surface area (Å²) < 4.78 is 19.7. The number of benzene rings is 3. The van der Waals surface area contributed by atoms with E-state index >= 15 is 0 Å². The van der Waals surface area contributed by atoms with E-state index in [1.807, 2.05) is 73.7 Å². The molecule has 6 nitrogen and oxygen atoms in total. The summed E-state index contributed by atoms with van der Waals surface area (Å²) >= 11 is 7.92. The van der Waals surface area contributed by atoms with Crippen LogP contribution in [-0.4, -0.2) is 29.2 Å². The van der Waals surface area contributed by atoms with Crippen LogP contribution in [0.2, 0.25) is 5.02 Å². The molecular formula is C27H23ClN2O4S. The average Bonchev–Trinajstić information content (AvgIpc) is 3.37. The fourth-order valence-electron chi connectivity index (χ4n) is 3.78. The minimum atomic E-state index is -0.105. The van der Waals surface area contributed by atoms with Crippen LogP contribution in [-0.2, 0) is 0 Å².